The van der Waals surface area contributed by atoms with Crippen molar-refractivity contribution in [3.8, 4) is 17.2 Å². The summed E-state index contributed by atoms with van der Waals surface area (Å²) in [5, 5.41) is 4.22. The van der Waals surface area contributed by atoms with Gasteiger partial charge >= 0.3 is 0 Å². The summed E-state index contributed by atoms with van der Waals surface area (Å²) < 4.78 is 19.1. The highest BCUT2D eigenvalue weighted by Gasteiger charge is 2.42. The van der Waals surface area contributed by atoms with Crippen LogP contribution in [0.25, 0.3) is 5.69 Å². The first-order valence-electron chi connectivity index (χ1n) is 13.6. The van der Waals surface area contributed by atoms with Gasteiger partial charge in [-0.05, 0) is 86.2 Å². The number of hydrogen-bond donors (Lipinski definition) is 1. The molecule has 3 aliphatic heterocycles. The summed E-state index contributed by atoms with van der Waals surface area (Å²) in [5.41, 5.74) is 7.77. The summed E-state index contributed by atoms with van der Waals surface area (Å²) >= 11 is 5.95. The van der Waals surface area contributed by atoms with E-state index in [1.54, 1.807) is 0 Å². The van der Waals surface area contributed by atoms with Crippen LogP contribution in [-0.2, 0) is 4.74 Å². The summed E-state index contributed by atoms with van der Waals surface area (Å²) in [7, 11) is 0. The third kappa shape index (κ3) is 4.26. The fourth-order valence-corrected chi connectivity index (χ4v) is 6.45. The third-order valence-electron chi connectivity index (χ3n) is 8.01. The van der Waals surface area contributed by atoms with Crippen LogP contribution in [-0.4, -0.2) is 47.8 Å². The number of benzene rings is 2. The van der Waals surface area contributed by atoms with Gasteiger partial charge < -0.3 is 33.9 Å². The smallest absolute Gasteiger partial charge is 0.231 e. The van der Waals surface area contributed by atoms with Crippen molar-refractivity contribution in [1.29, 1.82) is 0 Å². The standard InChI is InChI=1S/C31H31N5O3S/c1-20-17-25(21(2)35(20)23-8-6-22(7-9-23)34-13-15-37-16-14-34)30-29(26-5-3-4-12-32-26)33-31(40)36(30)24-10-11-27-28(18-24)39-19-38-27/h3-12,17-18,29-30H,13-16,19H2,1-2H3,(H,33,40)/t29-,30-/m0/s1. The molecular weight excluding hydrogens is 522 g/mol. The van der Waals surface area contributed by atoms with Crippen LogP contribution in [0.2, 0.25) is 0 Å². The molecule has 0 aliphatic carbocycles. The Labute approximate surface area is 239 Å². The highest BCUT2D eigenvalue weighted by atomic mass is 32.1. The lowest BCUT2D eigenvalue weighted by Crippen LogP contribution is -2.36. The van der Waals surface area contributed by atoms with Crippen molar-refractivity contribution in [2.75, 3.05) is 42.9 Å². The predicted octanol–water partition coefficient (Wildman–Crippen LogP) is 5.23. The molecule has 8 nitrogen and oxygen atoms in total. The highest BCUT2D eigenvalue weighted by Crippen LogP contribution is 2.46. The number of thiocarbonyl (C=S) groups is 1. The van der Waals surface area contributed by atoms with Crippen molar-refractivity contribution in [3.05, 3.63) is 95.6 Å². The first-order chi connectivity index (χ1) is 19.6. The summed E-state index contributed by atoms with van der Waals surface area (Å²) in [6, 6.07) is 22.9. The maximum atomic E-state index is 5.95. The van der Waals surface area contributed by atoms with Gasteiger partial charge in [0, 0.05) is 53.8 Å². The number of fused-ring (bicyclic) bond motifs is 1. The van der Waals surface area contributed by atoms with Gasteiger partial charge in [0.15, 0.2) is 16.6 Å². The fourth-order valence-electron chi connectivity index (χ4n) is 6.10. The van der Waals surface area contributed by atoms with Gasteiger partial charge in [-0.25, -0.2) is 0 Å². The van der Waals surface area contributed by atoms with E-state index in [4.69, 9.17) is 31.4 Å². The SMILES string of the molecule is Cc1cc([C@H]2[C@H](c3ccccn3)NC(=S)N2c2ccc3c(c2)OCO3)c(C)n1-c1ccc(N2CCOCC2)cc1. The second kappa shape index (κ2) is 10.1. The molecule has 2 atom stereocenters. The molecule has 3 aliphatic rings. The molecule has 4 aromatic rings. The Bertz CT molecular complexity index is 1550. The van der Waals surface area contributed by atoms with E-state index < -0.39 is 0 Å². The molecule has 2 aromatic carbocycles. The molecule has 0 bridgehead atoms. The van der Waals surface area contributed by atoms with E-state index in [1.165, 1.54) is 16.9 Å². The average Bonchev–Trinajstić information content (AvgIpc) is 3.68. The van der Waals surface area contributed by atoms with Crippen LogP contribution in [0.15, 0.2) is 72.9 Å². The monoisotopic (exact) mass is 553 g/mol. The maximum absolute atomic E-state index is 5.95. The molecule has 2 aromatic heterocycles. The van der Waals surface area contributed by atoms with E-state index in [0.717, 1.165) is 60.6 Å². The molecule has 0 spiro atoms. The Morgan fingerprint density at radius 2 is 1.62 bits per heavy atom. The number of pyridine rings is 1. The number of rotatable bonds is 5. The number of hydrogen-bond acceptors (Lipinski definition) is 6. The first kappa shape index (κ1) is 24.9. The molecule has 0 amide bonds. The molecule has 5 heterocycles. The van der Waals surface area contributed by atoms with E-state index in [0.29, 0.717) is 5.11 Å². The summed E-state index contributed by atoms with van der Waals surface area (Å²) in [6.07, 6.45) is 1.83. The Morgan fingerprint density at radius 1 is 0.875 bits per heavy atom. The van der Waals surface area contributed by atoms with Crippen molar-refractivity contribution >= 4 is 28.7 Å². The number of nitrogens with zero attached hydrogens (tertiary/aromatic N) is 4. The zero-order valence-corrected chi connectivity index (χ0v) is 23.4. The van der Waals surface area contributed by atoms with Crippen LogP contribution in [0.3, 0.4) is 0 Å². The molecule has 204 valence electrons. The van der Waals surface area contributed by atoms with Crippen molar-refractivity contribution in [3.63, 3.8) is 0 Å². The molecule has 0 unspecified atom stereocenters. The quantitative estimate of drug-likeness (QED) is 0.337. The van der Waals surface area contributed by atoms with E-state index >= 15 is 0 Å². The minimum Gasteiger partial charge on any atom is -0.454 e. The number of aromatic nitrogens is 2. The lowest BCUT2D eigenvalue weighted by Gasteiger charge is -2.29. The second-order valence-electron chi connectivity index (χ2n) is 10.3. The molecule has 0 radical (unpaired) electrons. The summed E-state index contributed by atoms with van der Waals surface area (Å²) in [5.74, 6) is 1.48. The van der Waals surface area contributed by atoms with Crippen LogP contribution >= 0.6 is 12.2 Å². The Balaban J connectivity index is 1.30. The molecule has 1 N–H and O–H groups in total. The van der Waals surface area contributed by atoms with Crippen molar-refractivity contribution in [2.24, 2.45) is 0 Å². The molecule has 2 fully saturated rings. The minimum atomic E-state index is -0.128. The van der Waals surface area contributed by atoms with Gasteiger partial charge in [-0.15, -0.1) is 0 Å². The van der Waals surface area contributed by atoms with Gasteiger partial charge in [-0.2, -0.15) is 0 Å². The number of aryl methyl sites for hydroxylation is 1. The number of anilines is 2. The van der Waals surface area contributed by atoms with E-state index in [1.807, 2.05) is 36.5 Å². The van der Waals surface area contributed by atoms with Gasteiger partial charge in [-0.1, -0.05) is 6.07 Å². The number of ether oxygens (including phenoxy) is 3. The van der Waals surface area contributed by atoms with Gasteiger partial charge in [-0.3, -0.25) is 4.98 Å². The molecule has 2 saturated heterocycles. The van der Waals surface area contributed by atoms with E-state index in [2.05, 4.69) is 69.9 Å². The van der Waals surface area contributed by atoms with Crippen LogP contribution in [0.4, 0.5) is 11.4 Å². The lowest BCUT2D eigenvalue weighted by atomic mass is 9.96. The van der Waals surface area contributed by atoms with E-state index in [9.17, 15) is 0 Å². The lowest BCUT2D eigenvalue weighted by molar-refractivity contribution is 0.122. The van der Waals surface area contributed by atoms with Crippen LogP contribution in [0.1, 0.15) is 34.7 Å². The topological polar surface area (TPSA) is 64.0 Å². The zero-order chi connectivity index (χ0) is 27.2. The maximum Gasteiger partial charge on any atom is 0.231 e. The third-order valence-corrected chi connectivity index (χ3v) is 8.32. The van der Waals surface area contributed by atoms with Crippen molar-refractivity contribution < 1.29 is 14.2 Å². The van der Waals surface area contributed by atoms with Crippen LogP contribution in [0, 0.1) is 13.8 Å². The van der Waals surface area contributed by atoms with Crippen LogP contribution in [0.5, 0.6) is 11.5 Å². The number of nitrogens with one attached hydrogen (secondary N) is 1. The molecular formula is C31H31N5O3S. The molecule has 9 heteroatoms. The normalized spacial score (nSPS) is 20.2. The molecule has 7 rings (SSSR count). The summed E-state index contributed by atoms with van der Waals surface area (Å²) in [6.45, 7) is 7.97. The van der Waals surface area contributed by atoms with Crippen molar-refractivity contribution in [2.45, 2.75) is 25.9 Å². The second-order valence-corrected chi connectivity index (χ2v) is 10.7. The highest BCUT2D eigenvalue weighted by molar-refractivity contribution is 7.80. The molecule has 40 heavy (non-hydrogen) atoms. The van der Waals surface area contributed by atoms with Gasteiger partial charge in [0.2, 0.25) is 6.79 Å². The predicted molar refractivity (Wildman–Crippen MR) is 159 cm³/mol. The Kier molecular flexibility index (Phi) is 6.32. The van der Waals surface area contributed by atoms with Gasteiger partial charge in [0.1, 0.15) is 0 Å². The number of morpholine rings is 1. The first-order valence-corrected chi connectivity index (χ1v) is 14.0. The fraction of sp³-hybridized carbons (Fsp3) is 0.290. The van der Waals surface area contributed by atoms with Gasteiger partial charge in [0.25, 0.3) is 0 Å². The average molecular weight is 554 g/mol. The van der Waals surface area contributed by atoms with Gasteiger partial charge in [0.05, 0.1) is 31.0 Å². The van der Waals surface area contributed by atoms with E-state index in [-0.39, 0.29) is 18.9 Å². The minimum absolute atomic E-state index is 0.115. The Morgan fingerprint density at radius 3 is 2.40 bits per heavy atom. The summed E-state index contributed by atoms with van der Waals surface area (Å²) in [4.78, 5) is 9.27. The zero-order valence-electron chi connectivity index (χ0n) is 22.5. The van der Waals surface area contributed by atoms with Crippen molar-refractivity contribution in [1.82, 2.24) is 14.9 Å². The Hall–Kier alpha value is -4.08. The molecule has 0 saturated carbocycles. The van der Waals surface area contributed by atoms with Crippen LogP contribution < -0.4 is 24.6 Å². The largest absolute Gasteiger partial charge is 0.454 e.